The van der Waals surface area contributed by atoms with Crippen LogP contribution in [-0.2, 0) is 6.54 Å². The van der Waals surface area contributed by atoms with Gasteiger partial charge in [0, 0.05) is 21.6 Å². The maximum atomic E-state index is 13.7. The van der Waals surface area contributed by atoms with E-state index in [2.05, 4.69) is 15.9 Å². The summed E-state index contributed by atoms with van der Waals surface area (Å²) < 4.78 is 19.8. The van der Waals surface area contributed by atoms with Crippen molar-refractivity contribution in [3.05, 3.63) is 57.3 Å². The first-order valence-corrected chi connectivity index (χ1v) is 6.39. The van der Waals surface area contributed by atoms with E-state index in [0.717, 1.165) is 0 Å². The molecular formula is C13H10BrClFNO. The molecule has 5 heteroatoms. The van der Waals surface area contributed by atoms with Crippen LogP contribution in [0.2, 0.25) is 5.02 Å². The van der Waals surface area contributed by atoms with Crippen LogP contribution in [0.1, 0.15) is 5.56 Å². The van der Waals surface area contributed by atoms with Gasteiger partial charge in [0.1, 0.15) is 5.75 Å². The predicted octanol–water partition coefficient (Wildman–Crippen LogP) is 4.49. The van der Waals surface area contributed by atoms with E-state index in [1.54, 1.807) is 30.3 Å². The molecular weight excluding hydrogens is 321 g/mol. The van der Waals surface area contributed by atoms with Crippen LogP contribution in [0.15, 0.2) is 40.9 Å². The zero-order chi connectivity index (χ0) is 13.1. The molecule has 0 amide bonds. The van der Waals surface area contributed by atoms with Crippen molar-refractivity contribution in [1.29, 1.82) is 0 Å². The lowest BCUT2D eigenvalue weighted by molar-refractivity contribution is 0.437. The Morgan fingerprint density at radius 3 is 2.67 bits per heavy atom. The van der Waals surface area contributed by atoms with E-state index in [1.807, 2.05) is 0 Å². The Labute approximate surface area is 118 Å². The van der Waals surface area contributed by atoms with E-state index < -0.39 is 5.82 Å². The molecule has 0 aliphatic heterocycles. The normalized spacial score (nSPS) is 10.4. The van der Waals surface area contributed by atoms with E-state index in [1.165, 1.54) is 6.07 Å². The number of benzene rings is 2. The van der Waals surface area contributed by atoms with Crippen LogP contribution in [0.5, 0.6) is 11.5 Å². The highest BCUT2D eigenvalue weighted by Crippen LogP contribution is 2.32. The van der Waals surface area contributed by atoms with E-state index in [0.29, 0.717) is 20.8 Å². The van der Waals surface area contributed by atoms with E-state index in [4.69, 9.17) is 22.1 Å². The maximum Gasteiger partial charge on any atom is 0.166 e. The van der Waals surface area contributed by atoms with Crippen molar-refractivity contribution in [1.82, 2.24) is 0 Å². The lowest BCUT2D eigenvalue weighted by Gasteiger charge is -2.11. The summed E-state index contributed by atoms with van der Waals surface area (Å²) >= 11 is 9.18. The highest BCUT2D eigenvalue weighted by Gasteiger charge is 2.10. The molecule has 0 saturated heterocycles. The van der Waals surface area contributed by atoms with E-state index in [9.17, 15) is 4.39 Å². The molecule has 0 aromatic heterocycles. The molecule has 18 heavy (non-hydrogen) atoms. The van der Waals surface area contributed by atoms with Gasteiger partial charge < -0.3 is 10.5 Å². The van der Waals surface area contributed by atoms with Gasteiger partial charge in [-0.15, -0.1) is 0 Å². The van der Waals surface area contributed by atoms with Gasteiger partial charge in [-0.3, -0.25) is 0 Å². The van der Waals surface area contributed by atoms with E-state index in [-0.39, 0.29) is 12.3 Å². The fraction of sp³-hybridized carbons (Fsp3) is 0.0769. The van der Waals surface area contributed by atoms with Crippen LogP contribution >= 0.6 is 27.5 Å². The zero-order valence-corrected chi connectivity index (χ0v) is 11.6. The summed E-state index contributed by atoms with van der Waals surface area (Å²) in [5.74, 6) is 0.147. The molecule has 0 atom stereocenters. The van der Waals surface area contributed by atoms with Gasteiger partial charge in [0.15, 0.2) is 11.6 Å². The molecule has 0 heterocycles. The molecule has 0 aliphatic carbocycles. The molecule has 2 nitrogen and oxygen atoms in total. The summed E-state index contributed by atoms with van der Waals surface area (Å²) in [6.45, 7) is 0.229. The van der Waals surface area contributed by atoms with E-state index >= 15 is 0 Å². The Kier molecular flexibility index (Phi) is 4.22. The molecule has 0 saturated carbocycles. The second-order valence-corrected chi connectivity index (χ2v) is 4.92. The number of ether oxygens (including phenoxy) is 1. The van der Waals surface area contributed by atoms with Gasteiger partial charge in [0.2, 0.25) is 0 Å². The summed E-state index contributed by atoms with van der Waals surface area (Å²) in [6.07, 6.45) is 0. The molecule has 2 aromatic rings. The van der Waals surface area contributed by atoms with Crippen molar-refractivity contribution in [2.75, 3.05) is 0 Å². The summed E-state index contributed by atoms with van der Waals surface area (Å²) in [5, 5.41) is 0.507. The lowest BCUT2D eigenvalue weighted by Crippen LogP contribution is -2.01. The highest BCUT2D eigenvalue weighted by molar-refractivity contribution is 9.10. The third-order valence-corrected chi connectivity index (χ3v) is 3.24. The third kappa shape index (κ3) is 2.83. The molecule has 0 bridgehead atoms. The molecule has 0 spiro atoms. The third-order valence-electron chi connectivity index (χ3n) is 2.39. The van der Waals surface area contributed by atoms with Crippen molar-refractivity contribution < 1.29 is 9.13 Å². The standard InChI is InChI=1S/C13H10BrClFNO/c14-8-4-5-13(11(16)6-8)18-12-3-1-2-10(15)9(12)7-17/h1-6H,7,17H2. The minimum absolute atomic E-state index is 0.134. The summed E-state index contributed by atoms with van der Waals surface area (Å²) in [5.41, 5.74) is 6.26. The minimum atomic E-state index is -0.452. The molecule has 94 valence electrons. The molecule has 2 rings (SSSR count). The van der Waals surface area contributed by atoms with Gasteiger partial charge in [0.25, 0.3) is 0 Å². The zero-order valence-electron chi connectivity index (χ0n) is 9.29. The van der Waals surface area contributed by atoms with Crippen molar-refractivity contribution in [3.63, 3.8) is 0 Å². The van der Waals surface area contributed by atoms with Crippen LogP contribution in [-0.4, -0.2) is 0 Å². The maximum absolute atomic E-state index is 13.7. The summed E-state index contributed by atoms with van der Waals surface area (Å²) in [7, 11) is 0. The molecule has 0 radical (unpaired) electrons. The van der Waals surface area contributed by atoms with Crippen molar-refractivity contribution in [3.8, 4) is 11.5 Å². The number of hydrogen-bond acceptors (Lipinski definition) is 2. The highest BCUT2D eigenvalue weighted by atomic mass is 79.9. The van der Waals surface area contributed by atoms with Crippen LogP contribution < -0.4 is 10.5 Å². The van der Waals surface area contributed by atoms with Crippen LogP contribution in [0.3, 0.4) is 0 Å². The number of nitrogens with two attached hydrogens (primary N) is 1. The Morgan fingerprint density at radius 1 is 1.22 bits per heavy atom. The SMILES string of the molecule is NCc1c(Cl)cccc1Oc1ccc(Br)cc1F. The van der Waals surface area contributed by atoms with Crippen LogP contribution in [0.25, 0.3) is 0 Å². The minimum Gasteiger partial charge on any atom is -0.454 e. The number of halogens is 3. The fourth-order valence-electron chi connectivity index (χ4n) is 1.51. The average molecular weight is 331 g/mol. The first-order chi connectivity index (χ1) is 8.61. The van der Waals surface area contributed by atoms with Gasteiger partial charge in [-0.05, 0) is 30.3 Å². The second kappa shape index (κ2) is 5.69. The van der Waals surface area contributed by atoms with Crippen molar-refractivity contribution in [2.24, 2.45) is 5.73 Å². The van der Waals surface area contributed by atoms with Crippen molar-refractivity contribution in [2.45, 2.75) is 6.54 Å². The molecule has 0 fully saturated rings. The molecule has 0 aliphatic rings. The van der Waals surface area contributed by atoms with Gasteiger partial charge in [-0.2, -0.15) is 0 Å². The number of hydrogen-bond donors (Lipinski definition) is 1. The molecule has 2 aromatic carbocycles. The summed E-state index contributed by atoms with van der Waals surface area (Å²) in [4.78, 5) is 0. The van der Waals surface area contributed by atoms with Crippen molar-refractivity contribution >= 4 is 27.5 Å². The Hall–Kier alpha value is -1.10. The van der Waals surface area contributed by atoms with Gasteiger partial charge in [-0.1, -0.05) is 33.6 Å². The quantitative estimate of drug-likeness (QED) is 0.899. The Morgan fingerprint density at radius 2 is 2.00 bits per heavy atom. The van der Waals surface area contributed by atoms with Gasteiger partial charge in [-0.25, -0.2) is 4.39 Å². The first-order valence-electron chi connectivity index (χ1n) is 5.22. The van der Waals surface area contributed by atoms with Gasteiger partial charge in [0.05, 0.1) is 0 Å². The van der Waals surface area contributed by atoms with Gasteiger partial charge >= 0.3 is 0 Å². The van der Waals surface area contributed by atoms with Crippen LogP contribution in [0.4, 0.5) is 4.39 Å². The predicted molar refractivity (Wildman–Crippen MR) is 73.5 cm³/mol. The Balaban J connectivity index is 2.37. The second-order valence-electron chi connectivity index (χ2n) is 3.60. The topological polar surface area (TPSA) is 35.2 Å². The fourth-order valence-corrected chi connectivity index (χ4v) is 2.09. The first kappa shape index (κ1) is 13.3. The lowest BCUT2D eigenvalue weighted by atomic mass is 10.2. The molecule has 2 N–H and O–H groups in total. The number of rotatable bonds is 3. The molecule has 0 unspecified atom stereocenters. The monoisotopic (exact) mass is 329 g/mol. The van der Waals surface area contributed by atoms with Crippen LogP contribution in [0, 0.1) is 5.82 Å². The average Bonchev–Trinajstić information content (AvgIpc) is 2.33. The summed E-state index contributed by atoms with van der Waals surface area (Å²) in [6, 6.07) is 9.73. The largest absolute Gasteiger partial charge is 0.454 e. The Bertz CT molecular complexity index is 577. The smallest absolute Gasteiger partial charge is 0.166 e.